The summed E-state index contributed by atoms with van der Waals surface area (Å²) in [6.45, 7) is 2.65. The fourth-order valence-corrected chi connectivity index (χ4v) is 3.53. The summed E-state index contributed by atoms with van der Waals surface area (Å²) in [4.78, 5) is 15.5. The Hall–Kier alpha value is -2.89. The molecule has 1 fully saturated rings. The summed E-state index contributed by atoms with van der Waals surface area (Å²) >= 11 is 0. The second-order valence-electron chi connectivity index (χ2n) is 7.27. The fraction of sp³-hybridized carbons (Fsp3) is 0.435. The minimum atomic E-state index is -0.0560. The Morgan fingerprint density at radius 1 is 0.966 bits per heavy atom. The Morgan fingerprint density at radius 3 is 2.00 bits per heavy atom. The molecule has 1 aliphatic rings. The van der Waals surface area contributed by atoms with E-state index in [2.05, 4.69) is 6.92 Å². The number of ether oxygens (including phenoxy) is 4. The minimum absolute atomic E-state index is 0.0560. The predicted molar refractivity (Wildman–Crippen MR) is 111 cm³/mol. The SMILES string of the molecule is COc1ccc(CN(C(=O)c2cc(OC)c(OC)c(OC)c2)C(C)C2CC2)cc1. The molecule has 29 heavy (non-hydrogen) atoms. The molecular formula is C23H29NO5. The Bertz CT molecular complexity index is 820. The third-order valence-electron chi connectivity index (χ3n) is 5.48. The number of nitrogens with zero attached hydrogens (tertiary/aromatic N) is 1. The lowest BCUT2D eigenvalue weighted by Crippen LogP contribution is -2.39. The Kier molecular flexibility index (Phi) is 6.52. The van der Waals surface area contributed by atoms with E-state index in [0.29, 0.717) is 35.3 Å². The van der Waals surface area contributed by atoms with Gasteiger partial charge in [-0.2, -0.15) is 0 Å². The van der Waals surface area contributed by atoms with Gasteiger partial charge >= 0.3 is 0 Å². The molecule has 2 aromatic carbocycles. The first-order valence-electron chi connectivity index (χ1n) is 9.76. The van der Waals surface area contributed by atoms with Gasteiger partial charge in [-0.25, -0.2) is 0 Å². The number of rotatable bonds is 9. The van der Waals surface area contributed by atoms with Crippen molar-refractivity contribution in [2.24, 2.45) is 5.92 Å². The van der Waals surface area contributed by atoms with E-state index < -0.39 is 0 Å². The maximum absolute atomic E-state index is 13.5. The Morgan fingerprint density at radius 2 is 1.55 bits per heavy atom. The van der Waals surface area contributed by atoms with E-state index in [0.717, 1.165) is 24.2 Å². The molecular weight excluding hydrogens is 370 g/mol. The molecule has 6 nitrogen and oxygen atoms in total. The molecule has 2 aromatic rings. The quantitative estimate of drug-likeness (QED) is 0.634. The molecule has 0 radical (unpaired) electrons. The van der Waals surface area contributed by atoms with Crippen molar-refractivity contribution in [2.75, 3.05) is 28.4 Å². The zero-order valence-corrected chi connectivity index (χ0v) is 17.7. The smallest absolute Gasteiger partial charge is 0.254 e. The molecule has 1 unspecified atom stereocenters. The number of carbonyl (C=O) groups excluding carboxylic acids is 1. The van der Waals surface area contributed by atoms with Crippen LogP contribution in [0.15, 0.2) is 36.4 Å². The number of hydrogen-bond donors (Lipinski definition) is 0. The summed E-state index contributed by atoms with van der Waals surface area (Å²) in [7, 11) is 6.29. The average molecular weight is 399 g/mol. The second-order valence-corrected chi connectivity index (χ2v) is 7.27. The van der Waals surface area contributed by atoms with Crippen LogP contribution in [0, 0.1) is 5.92 Å². The van der Waals surface area contributed by atoms with Crippen LogP contribution >= 0.6 is 0 Å². The number of benzene rings is 2. The first-order chi connectivity index (χ1) is 14.0. The monoisotopic (exact) mass is 399 g/mol. The van der Waals surface area contributed by atoms with Crippen LogP contribution in [-0.4, -0.2) is 45.3 Å². The van der Waals surface area contributed by atoms with Gasteiger partial charge in [-0.15, -0.1) is 0 Å². The van der Waals surface area contributed by atoms with Crippen LogP contribution in [0.4, 0.5) is 0 Å². The topological polar surface area (TPSA) is 57.2 Å². The van der Waals surface area contributed by atoms with E-state index in [4.69, 9.17) is 18.9 Å². The lowest BCUT2D eigenvalue weighted by Gasteiger charge is -2.30. The van der Waals surface area contributed by atoms with E-state index >= 15 is 0 Å². The highest BCUT2D eigenvalue weighted by Gasteiger charge is 2.35. The van der Waals surface area contributed by atoms with Gasteiger partial charge in [0.2, 0.25) is 5.75 Å². The van der Waals surface area contributed by atoms with Crippen LogP contribution in [0.3, 0.4) is 0 Å². The van der Waals surface area contributed by atoms with Gasteiger partial charge in [0.05, 0.1) is 28.4 Å². The summed E-state index contributed by atoms with van der Waals surface area (Å²) in [6, 6.07) is 11.4. The summed E-state index contributed by atoms with van der Waals surface area (Å²) in [5.74, 6) is 2.70. The van der Waals surface area contributed by atoms with Gasteiger partial charge in [0.1, 0.15) is 5.75 Å². The maximum Gasteiger partial charge on any atom is 0.254 e. The minimum Gasteiger partial charge on any atom is -0.497 e. The lowest BCUT2D eigenvalue weighted by atomic mass is 10.1. The molecule has 0 aliphatic heterocycles. The van der Waals surface area contributed by atoms with E-state index in [1.807, 2.05) is 29.2 Å². The van der Waals surface area contributed by atoms with Crippen LogP contribution in [-0.2, 0) is 6.54 Å². The Balaban J connectivity index is 1.93. The van der Waals surface area contributed by atoms with Crippen molar-refractivity contribution < 1.29 is 23.7 Å². The van der Waals surface area contributed by atoms with Gasteiger partial charge in [-0.05, 0) is 55.5 Å². The molecule has 0 N–H and O–H groups in total. The van der Waals surface area contributed by atoms with Crippen molar-refractivity contribution in [1.29, 1.82) is 0 Å². The molecule has 1 aliphatic carbocycles. The second kappa shape index (κ2) is 9.07. The summed E-state index contributed by atoms with van der Waals surface area (Å²) < 4.78 is 21.5. The van der Waals surface area contributed by atoms with Crippen LogP contribution in [0.1, 0.15) is 35.7 Å². The molecule has 0 heterocycles. The van der Waals surface area contributed by atoms with Crippen LogP contribution in [0.25, 0.3) is 0 Å². The van der Waals surface area contributed by atoms with Gasteiger partial charge in [0.25, 0.3) is 5.91 Å². The fourth-order valence-electron chi connectivity index (χ4n) is 3.53. The van der Waals surface area contributed by atoms with E-state index in [1.54, 1.807) is 40.6 Å². The normalized spacial score (nSPS) is 14.1. The number of hydrogen-bond acceptors (Lipinski definition) is 5. The first kappa shape index (κ1) is 20.8. The zero-order chi connectivity index (χ0) is 21.0. The molecule has 1 saturated carbocycles. The molecule has 0 saturated heterocycles. The van der Waals surface area contributed by atoms with E-state index in [1.165, 1.54) is 0 Å². The van der Waals surface area contributed by atoms with Crippen molar-refractivity contribution in [3.05, 3.63) is 47.5 Å². The molecule has 3 rings (SSSR count). The highest BCUT2D eigenvalue weighted by Crippen LogP contribution is 2.40. The highest BCUT2D eigenvalue weighted by molar-refractivity contribution is 5.96. The Labute approximate surface area is 172 Å². The van der Waals surface area contributed by atoms with Gasteiger partial charge in [-0.1, -0.05) is 12.1 Å². The summed E-state index contributed by atoms with van der Waals surface area (Å²) in [5.41, 5.74) is 1.57. The zero-order valence-electron chi connectivity index (χ0n) is 17.7. The van der Waals surface area contributed by atoms with Crippen molar-refractivity contribution >= 4 is 5.91 Å². The van der Waals surface area contributed by atoms with Gasteiger partial charge in [0.15, 0.2) is 11.5 Å². The number of methoxy groups -OCH3 is 4. The molecule has 0 bridgehead atoms. The molecule has 1 amide bonds. The van der Waals surface area contributed by atoms with Crippen molar-refractivity contribution in [2.45, 2.75) is 32.4 Å². The number of carbonyl (C=O) groups is 1. The summed E-state index contributed by atoms with van der Waals surface area (Å²) in [6.07, 6.45) is 2.31. The van der Waals surface area contributed by atoms with Gasteiger partial charge in [0, 0.05) is 18.2 Å². The third-order valence-corrected chi connectivity index (χ3v) is 5.48. The molecule has 6 heteroatoms. The molecule has 156 valence electrons. The van der Waals surface area contributed by atoms with Crippen LogP contribution in [0.5, 0.6) is 23.0 Å². The van der Waals surface area contributed by atoms with Crippen molar-refractivity contribution in [1.82, 2.24) is 4.90 Å². The average Bonchev–Trinajstić information content (AvgIpc) is 3.61. The molecule has 0 aromatic heterocycles. The largest absolute Gasteiger partial charge is 0.497 e. The van der Waals surface area contributed by atoms with Crippen molar-refractivity contribution in [3.63, 3.8) is 0 Å². The number of amides is 1. The van der Waals surface area contributed by atoms with Crippen LogP contribution in [0.2, 0.25) is 0 Å². The maximum atomic E-state index is 13.5. The predicted octanol–water partition coefficient (Wildman–Crippen LogP) is 4.16. The molecule has 0 spiro atoms. The van der Waals surface area contributed by atoms with Crippen LogP contribution < -0.4 is 18.9 Å². The van der Waals surface area contributed by atoms with E-state index in [9.17, 15) is 4.79 Å². The molecule has 1 atom stereocenters. The first-order valence-corrected chi connectivity index (χ1v) is 9.76. The summed E-state index contributed by atoms with van der Waals surface area (Å²) in [5, 5.41) is 0. The highest BCUT2D eigenvalue weighted by atomic mass is 16.5. The van der Waals surface area contributed by atoms with Gasteiger partial charge in [-0.3, -0.25) is 4.79 Å². The third kappa shape index (κ3) is 4.58. The standard InChI is InChI=1S/C23H29NO5/c1-15(17-8-9-17)24(14-16-6-10-19(26-2)11-7-16)23(25)18-12-20(27-3)22(29-5)21(13-18)28-4/h6-7,10-13,15,17H,8-9,14H2,1-5H3. The van der Waals surface area contributed by atoms with E-state index in [-0.39, 0.29) is 11.9 Å². The lowest BCUT2D eigenvalue weighted by molar-refractivity contribution is 0.0653. The van der Waals surface area contributed by atoms with Crippen molar-refractivity contribution in [3.8, 4) is 23.0 Å². The van der Waals surface area contributed by atoms with Gasteiger partial charge < -0.3 is 23.8 Å².